The van der Waals surface area contributed by atoms with Crippen molar-refractivity contribution in [1.29, 1.82) is 0 Å². The summed E-state index contributed by atoms with van der Waals surface area (Å²) in [5.41, 5.74) is -0.454. The monoisotopic (exact) mass is 364 g/mol. The second-order valence-electron chi connectivity index (χ2n) is 4.86. The topological polar surface area (TPSA) is 35.5 Å². The van der Waals surface area contributed by atoms with Gasteiger partial charge >= 0.3 is 6.18 Å². The number of alkyl halides is 3. The number of phenols is 1. The molecule has 22 heavy (non-hydrogen) atoms. The molecule has 0 unspecified atom stereocenters. The molecule has 1 aromatic rings. The fourth-order valence-corrected chi connectivity index (χ4v) is 2.45. The largest absolute Gasteiger partial charge is 0.507 e. The van der Waals surface area contributed by atoms with E-state index in [1.165, 1.54) is 13.0 Å². The van der Waals surface area contributed by atoms with Gasteiger partial charge in [0.2, 0.25) is 0 Å². The summed E-state index contributed by atoms with van der Waals surface area (Å²) in [5, 5.41) is 12.8. The van der Waals surface area contributed by atoms with Crippen LogP contribution in [0, 0.1) is 12.7 Å². The van der Waals surface area contributed by atoms with Crippen LogP contribution in [0.25, 0.3) is 0 Å². The van der Waals surface area contributed by atoms with Crippen molar-refractivity contribution in [1.82, 2.24) is 10.2 Å². The highest BCUT2D eigenvalue weighted by atomic mass is 35.5. The lowest BCUT2D eigenvalue weighted by molar-refractivity contribution is -0.189. The summed E-state index contributed by atoms with van der Waals surface area (Å²) in [7, 11) is 0. The Balaban J connectivity index is 0.00000220. The average Bonchev–Trinajstić information content (AvgIpc) is 2.39. The minimum atomic E-state index is -4.65. The van der Waals surface area contributed by atoms with E-state index in [0.29, 0.717) is 13.1 Å². The second-order valence-corrected chi connectivity index (χ2v) is 4.86. The van der Waals surface area contributed by atoms with Crippen LogP contribution in [0.3, 0.4) is 0 Å². The van der Waals surface area contributed by atoms with E-state index in [4.69, 9.17) is 0 Å². The molecule has 1 atom stereocenters. The molecule has 128 valence electrons. The number of aromatic hydroxyl groups is 1. The number of phenolic OH excluding ortho intramolecular Hbond substituents is 1. The number of piperazine rings is 1. The Hall–Kier alpha value is -0.760. The van der Waals surface area contributed by atoms with Gasteiger partial charge in [-0.3, -0.25) is 4.90 Å². The first kappa shape index (κ1) is 21.2. The normalized spacial score (nSPS) is 17.3. The number of aryl methyl sites for hydroxylation is 1. The van der Waals surface area contributed by atoms with Crippen LogP contribution in [-0.2, 0) is 0 Å². The van der Waals surface area contributed by atoms with Crippen molar-refractivity contribution in [2.24, 2.45) is 0 Å². The van der Waals surface area contributed by atoms with Crippen LogP contribution < -0.4 is 5.32 Å². The van der Waals surface area contributed by atoms with Crippen molar-refractivity contribution in [3.8, 4) is 5.75 Å². The minimum absolute atomic E-state index is 0. The van der Waals surface area contributed by atoms with Crippen molar-refractivity contribution < 1.29 is 22.7 Å². The first-order chi connectivity index (χ1) is 9.32. The van der Waals surface area contributed by atoms with Crippen LogP contribution in [0.4, 0.5) is 17.6 Å². The first-order valence-electron chi connectivity index (χ1n) is 6.32. The van der Waals surface area contributed by atoms with Gasteiger partial charge in [-0.25, -0.2) is 4.39 Å². The highest BCUT2D eigenvalue weighted by Crippen LogP contribution is 2.43. The molecule has 1 aromatic carbocycles. The third kappa shape index (κ3) is 4.38. The van der Waals surface area contributed by atoms with Gasteiger partial charge in [0.05, 0.1) is 5.56 Å². The van der Waals surface area contributed by atoms with E-state index in [1.807, 2.05) is 0 Å². The first-order valence-corrected chi connectivity index (χ1v) is 6.32. The molecule has 0 radical (unpaired) electrons. The molecule has 1 aliphatic rings. The maximum absolute atomic E-state index is 13.9. The van der Waals surface area contributed by atoms with Gasteiger partial charge in [-0.2, -0.15) is 13.2 Å². The zero-order chi connectivity index (χ0) is 14.9. The summed E-state index contributed by atoms with van der Waals surface area (Å²) in [6.07, 6.45) is -4.65. The van der Waals surface area contributed by atoms with Crippen molar-refractivity contribution >= 4 is 24.8 Å². The Bertz CT molecular complexity index is 494. The van der Waals surface area contributed by atoms with Crippen LogP contribution in [0.1, 0.15) is 17.2 Å². The molecule has 0 spiro atoms. The van der Waals surface area contributed by atoms with E-state index in [9.17, 15) is 22.7 Å². The van der Waals surface area contributed by atoms with Crippen LogP contribution in [0.2, 0.25) is 0 Å². The summed E-state index contributed by atoms with van der Waals surface area (Å²) < 4.78 is 53.9. The lowest BCUT2D eigenvalue weighted by Gasteiger charge is -2.36. The number of nitrogens with zero attached hydrogens (tertiary/aromatic N) is 1. The number of benzene rings is 1. The quantitative estimate of drug-likeness (QED) is 0.791. The molecule has 9 heteroatoms. The fourth-order valence-electron chi connectivity index (χ4n) is 2.45. The number of hydrogen-bond donors (Lipinski definition) is 2. The average molecular weight is 365 g/mol. The van der Waals surface area contributed by atoms with Gasteiger partial charge in [0.1, 0.15) is 17.6 Å². The highest BCUT2D eigenvalue weighted by molar-refractivity contribution is 5.85. The number of halogens is 6. The van der Waals surface area contributed by atoms with Crippen LogP contribution in [0.15, 0.2) is 12.1 Å². The van der Waals surface area contributed by atoms with E-state index in [0.717, 1.165) is 11.0 Å². The van der Waals surface area contributed by atoms with Gasteiger partial charge in [-0.15, -0.1) is 24.8 Å². The predicted octanol–water partition coefficient (Wildman–Crippen LogP) is 3.19. The molecule has 0 aliphatic carbocycles. The predicted molar refractivity (Wildman–Crippen MR) is 80.5 cm³/mol. The van der Waals surface area contributed by atoms with E-state index in [2.05, 4.69) is 5.32 Å². The Morgan fingerprint density at radius 2 is 1.73 bits per heavy atom. The minimum Gasteiger partial charge on any atom is -0.507 e. The van der Waals surface area contributed by atoms with E-state index in [-0.39, 0.29) is 43.5 Å². The Kier molecular flexibility index (Phi) is 7.91. The molecular weight excluding hydrogens is 347 g/mol. The van der Waals surface area contributed by atoms with Gasteiger partial charge < -0.3 is 10.4 Å². The third-order valence-corrected chi connectivity index (χ3v) is 3.47. The van der Waals surface area contributed by atoms with Gasteiger partial charge in [-0.1, -0.05) is 6.07 Å². The highest BCUT2D eigenvalue weighted by Gasteiger charge is 2.47. The van der Waals surface area contributed by atoms with Gasteiger partial charge in [0.25, 0.3) is 0 Å². The Labute approximate surface area is 138 Å². The second kappa shape index (κ2) is 8.19. The molecule has 1 fully saturated rings. The van der Waals surface area contributed by atoms with E-state index in [1.54, 1.807) is 0 Å². The van der Waals surface area contributed by atoms with Crippen molar-refractivity contribution in [3.05, 3.63) is 29.1 Å². The summed E-state index contributed by atoms with van der Waals surface area (Å²) in [4.78, 5) is 1.15. The summed E-state index contributed by atoms with van der Waals surface area (Å²) >= 11 is 0. The molecular formula is C13H18Cl2F4N2O. The molecule has 1 heterocycles. The third-order valence-electron chi connectivity index (χ3n) is 3.47. The number of rotatable bonds is 2. The molecule has 2 N–H and O–H groups in total. The molecule has 0 bridgehead atoms. The molecule has 0 saturated carbocycles. The zero-order valence-electron chi connectivity index (χ0n) is 11.8. The van der Waals surface area contributed by atoms with Crippen molar-refractivity contribution in [2.75, 3.05) is 26.2 Å². The van der Waals surface area contributed by atoms with Crippen LogP contribution in [0.5, 0.6) is 5.75 Å². The summed E-state index contributed by atoms with van der Waals surface area (Å²) in [6.45, 7) is 2.55. The van der Waals surface area contributed by atoms with Gasteiger partial charge in [0.15, 0.2) is 0 Å². The van der Waals surface area contributed by atoms with Crippen LogP contribution >= 0.6 is 24.8 Å². The molecule has 2 rings (SSSR count). The summed E-state index contributed by atoms with van der Waals surface area (Å²) in [6, 6.07) is 0.106. The smallest absolute Gasteiger partial charge is 0.408 e. The van der Waals surface area contributed by atoms with Crippen molar-refractivity contribution in [3.63, 3.8) is 0 Å². The Morgan fingerprint density at radius 1 is 1.18 bits per heavy atom. The lowest BCUT2D eigenvalue weighted by atomic mass is 9.99. The van der Waals surface area contributed by atoms with Crippen molar-refractivity contribution in [2.45, 2.75) is 19.1 Å². The number of nitrogens with one attached hydrogen (secondary N) is 1. The standard InChI is InChI=1S/C13H16F4N2O.2ClH/c1-8-2-3-9(14)10(11(8)20)12(13(15,16)17)19-6-4-18-5-7-19;;/h2-3,12,18,20H,4-7H2,1H3;2*1H/t12-;;/m0../s1. The van der Waals surface area contributed by atoms with Gasteiger partial charge in [-0.05, 0) is 18.6 Å². The zero-order valence-corrected chi connectivity index (χ0v) is 13.4. The van der Waals surface area contributed by atoms with E-state index < -0.39 is 29.3 Å². The molecule has 1 aliphatic heterocycles. The Morgan fingerprint density at radius 3 is 2.23 bits per heavy atom. The fraction of sp³-hybridized carbons (Fsp3) is 0.538. The maximum atomic E-state index is 13.9. The molecule has 0 aromatic heterocycles. The van der Waals surface area contributed by atoms with E-state index >= 15 is 0 Å². The lowest BCUT2D eigenvalue weighted by Crippen LogP contribution is -2.49. The molecule has 3 nitrogen and oxygen atoms in total. The number of hydrogen-bond acceptors (Lipinski definition) is 3. The maximum Gasteiger partial charge on any atom is 0.408 e. The summed E-state index contributed by atoms with van der Waals surface area (Å²) in [5.74, 6) is -1.65. The molecule has 0 amide bonds. The SMILES string of the molecule is Cc1ccc(F)c([C@H](N2CCNCC2)C(F)(F)F)c1O.Cl.Cl. The van der Waals surface area contributed by atoms with Gasteiger partial charge in [0, 0.05) is 26.2 Å². The molecule has 1 saturated heterocycles. The van der Waals surface area contributed by atoms with Crippen LogP contribution in [-0.4, -0.2) is 42.4 Å².